The zero-order valence-electron chi connectivity index (χ0n) is 8.73. The van der Waals surface area contributed by atoms with E-state index in [4.69, 9.17) is 10.5 Å². The topological polar surface area (TPSA) is 81.4 Å². The third-order valence-electron chi connectivity index (χ3n) is 2.35. The SMILES string of the molecule is CCOC(=O)[C@H]1CC=CC[C@@H]1NC(N)=O. The van der Waals surface area contributed by atoms with Crippen molar-refractivity contribution in [2.24, 2.45) is 11.7 Å². The molecule has 2 atom stereocenters. The average molecular weight is 212 g/mol. The first-order valence-corrected chi connectivity index (χ1v) is 5.02. The number of esters is 1. The number of rotatable bonds is 3. The van der Waals surface area contributed by atoms with Crippen LogP contribution >= 0.6 is 0 Å². The molecule has 0 fully saturated rings. The third kappa shape index (κ3) is 3.27. The van der Waals surface area contributed by atoms with E-state index < -0.39 is 6.03 Å². The first kappa shape index (κ1) is 11.6. The van der Waals surface area contributed by atoms with E-state index in [0.717, 1.165) is 0 Å². The van der Waals surface area contributed by atoms with Crippen molar-refractivity contribution in [3.05, 3.63) is 12.2 Å². The van der Waals surface area contributed by atoms with Gasteiger partial charge in [-0.3, -0.25) is 4.79 Å². The molecule has 0 aromatic rings. The summed E-state index contributed by atoms with van der Waals surface area (Å²) in [6.45, 7) is 2.11. The molecule has 5 heteroatoms. The van der Waals surface area contributed by atoms with Crippen molar-refractivity contribution < 1.29 is 14.3 Å². The predicted octanol–water partition coefficient (Wildman–Crippen LogP) is 0.553. The molecule has 1 aliphatic rings. The first-order valence-electron chi connectivity index (χ1n) is 5.02. The van der Waals surface area contributed by atoms with E-state index in [-0.39, 0.29) is 17.9 Å². The Kier molecular flexibility index (Phi) is 4.15. The summed E-state index contributed by atoms with van der Waals surface area (Å²) in [6, 6.07) is -0.851. The van der Waals surface area contributed by atoms with Crippen LogP contribution in [0.5, 0.6) is 0 Å². The van der Waals surface area contributed by atoms with Crippen molar-refractivity contribution in [3.8, 4) is 0 Å². The predicted molar refractivity (Wildman–Crippen MR) is 55.0 cm³/mol. The second-order valence-corrected chi connectivity index (χ2v) is 3.42. The van der Waals surface area contributed by atoms with Gasteiger partial charge in [0.05, 0.1) is 12.5 Å². The number of nitrogens with one attached hydrogen (secondary N) is 1. The average Bonchev–Trinajstić information content (AvgIpc) is 2.18. The molecule has 0 radical (unpaired) electrons. The van der Waals surface area contributed by atoms with Crippen molar-refractivity contribution in [1.29, 1.82) is 0 Å². The minimum absolute atomic E-state index is 0.244. The molecule has 0 saturated carbocycles. The minimum atomic E-state index is -0.607. The summed E-state index contributed by atoms with van der Waals surface area (Å²) < 4.78 is 4.93. The highest BCUT2D eigenvalue weighted by Gasteiger charge is 2.30. The third-order valence-corrected chi connectivity index (χ3v) is 2.35. The van der Waals surface area contributed by atoms with Gasteiger partial charge in [-0.2, -0.15) is 0 Å². The lowest BCUT2D eigenvalue weighted by Gasteiger charge is -2.26. The number of carbonyl (C=O) groups excluding carboxylic acids is 2. The standard InChI is InChI=1S/C10H16N2O3/c1-2-15-9(13)7-5-3-4-6-8(7)12-10(11)14/h3-4,7-8H,2,5-6H2,1H3,(H3,11,12,14)/t7-,8-/m0/s1. The van der Waals surface area contributed by atoms with E-state index in [2.05, 4.69) is 5.32 Å². The van der Waals surface area contributed by atoms with Gasteiger partial charge in [0.15, 0.2) is 0 Å². The molecule has 0 unspecified atom stereocenters. The van der Waals surface area contributed by atoms with Gasteiger partial charge in [-0.15, -0.1) is 0 Å². The number of allylic oxidation sites excluding steroid dienone is 1. The monoisotopic (exact) mass is 212 g/mol. The molecule has 2 amide bonds. The quantitative estimate of drug-likeness (QED) is 0.529. The summed E-state index contributed by atoms with van der Waals surface area (Å²) in [5.41, 5.74) is 5.03. The normalized spacial score (nSPS) is 24.6. The van der Waals surface area contributed by atoms with Crippen LogP contribution in [0.25, 0.3) is 0 Å². The van der Waals surface area contributed by atoms with E-state index in [0.29, 0.717) is 19.4 Å². The maximum atomic E-state index is 11.5. The van der Waals surface area contributed by atoms with Gasteiger partial charge in [0.1, 0.15) is 0 Å². The summed E-state index contributed by atoms with van der Waals surface area (Å²) in [7, 11) is 0. The van der Waals surface area contributed by atoms with Crippen LogP contribution in [0.4, 0.5) is 4.79 Å². The van der Waals surface area contributed by atoms with Crippen LogP contribution in [0.2, 0.25) is 0 Å². The van der Waals surface area contributed by atoms with Gasteiger partial charge in [-0.25, -0.2) is 4.79 Å². The Morgan fingerprint density at radius 1 is 1.47 bits per heavy atom. The van der Waals surface area contributed by atoms with Crippen LogP contribution < -0.4 is 11.1 Å². The summed E-state index contributed by atoms with van der Waals surface area (Å²) in [5, 5.41) is 2.56. The Morgan fingerprint density at radius 3 is 2.73 bits per heavy atom. The summed E-state index contributed by atoms with van der Waals surface area (Å²) >= 11 is 0. The molecule has 1 aliphatic carbocycles. The van der Waals surface area contributed by atoms with Crippen LogP contribution in [0.1, 0.15) is 19.8 Å². The smallest absolute Gasteiger partial charge is 0.312 e. The summed E-state index contributed by atoms with van der Waals surface area (Å²) in [6.07, 6.45) is 5.05. The second kappa shape index (κ2) is 5.38. The zero-order valence-corrected chi connectivity index (χ0v) is 8.73. The van der Waals surface area contributed by atoms with Crippen LogP contribution in [0.15, 0.2) is 12.2 Å². The van der Waals surface area contributed by atoms with Gasteiger partial charge >= 0.3 is 12.0 Å². The Hall–Kier alpha value is -1.52. The van der Waals surface area contributed by atoms with Crippen molar-refractivity contribution in [1.82, 2.24) is 5.32 Å². The van der Waals surface area contributed by atoms with Crippen LogP contribution in [0, 0.1) is 5.92 Å². The summed E-state index contributed by atoms with van der Waals surface area (Å²) in [5.74, 6) is -0.594. The Bertz CT molecular complexity index is 276. The number of urea groups is 1. The molecule has 84 valence electrons. The molecule has 0 aromatic heterocycles. The fourth-order valence-corrected chi connectivity index (χ4v) is 1.67. The van der Waals surface area contributed by atoms with E-state index in [1.165, 1.54) is 0 Å². The lowest BCUT2D eigenvalue weighted by atomic mass is 9.89. The van der Waals surface area contributed by atoms with E-state index in [1.807, 2.05) is 12.2 Å². The fourth-order valence-electron chi connectivity index (χ4n) is 1.67. The number of primary amides is 1. The molecule has 0 saturated heterocycles. The molecule has 0 bridgehead atoms. The Morgan fingerprint density at radius 2 is 2.13 bits per heavy atom. The van der Waals surface area contributed by atoms with Gasteiger partial charge in [-0.05, 0) is 19.8 Å². The van der Waals surface area contributed by atoms with Gasteiger partial charge in [0, 0.05) is 6.04 Å². The van der Waals surface area contributed by atoms with Gasteiger partial charge in [0.25, 0.3) is 0 Å². The molecule has 1 rings (SSSR count). The van der Waals surface area contributed by atoms with Crippen LogP contribution in [-0.4, -0.2) is 24.6 Å². The fraction of sp³-hybridized carbons (Fsp3) is 0.600. The lowest BCUT2D eigenvalue weighted by Crippen LogP contribution is -2.46. The van der Waals surface area contributed by atoms with Crippen LogP contribution in [0.3, 0.4) is 0 Å². The van der Waals surface area contributed by atoms with Crippen molar-refractivity contribution in [3.63, 3.8) is 0 Å². The van der Waals surface area contributed by atoms with E-state index in [9.17, 15) is 9.59 Å². The summed E-state index contributed by atoms with van der Waals surface area (Å²) in [4.78, 5) is 22.3. The highest BCUT2D eigenvalue weighted by Crippen LogP contribution is 2.20. The molecule has 0 aliphatic heterocycles. The molecule has 0 heterocycles. The molecule has 3 N–H and O–H groups in total. The number of amides is 2. The van der Waals surface area contributed by atoms with Crippen LogP contribution in [-0.2, 0) is 9.53 Å². The highest BCUT2D eigenvalue weighted by molar-refractivity contribution is 5.77. The number of hydrogen-bond donors (Lipinski definition) is 2. The van der Waals surface area contributed by atoms with Crippen molar-refractivity contribution in [2.45, 2.75) is 25.8 Å². The zero-order chi connectivity index (χ0) is 11.3. The van der Waals surface area contributed by atoms with Gasteiger partial charge < -0.3 is 15.8 Å². The molecule has 5 nitrogen and oxygen atoms in total. The minimum Gasteiger partial charge on any atom is -0.466 e. The van der Waals surface area contributed by atoms with E-state index >= 15 is 0 Å². The number of hydrogen-bond acceptors (Lipinski definition) is 3. The van der Waals surface area contributed by atoms with E-state index in [1.54, 1.807) is 6.92 Å². The number of ether oxygens (including phenoxy) is 1. The molecule has 15 heavy (non-hydrogen) atoms. The van der Waals surface area contributed by atoms with Crippen molar-refractivity contribution in [2.75, 3.05) is 6.61 Å². The van der Waals surface area contributed by atoms with Crippen molar-refractivity contribution >= 4 is 12.0 Å². The van der Waals surface area contributed by atoms with Gasteiger partial charge in [0.2, 0.25) is 0 Å². The Balaban J connectivity index is 2.62. The molecule has 0 spiro atoms. The first-order chi connectivity index (χ1) is 7.15. The largest absolute Gasteiger partial charge is 0.466 e. The second-order valence-electron chi connectivity index (χ2n) is 3.42. The lowest BCUT2D eigenvalue weighted by molar-refractivity contribution is -0.149. The molecular weight excluding hydrogens is 196 g/mol. The number of nitrogens with two attached hydrogens (primary N) is 1. The van der Waals surface area contributed by atoms with Gasteiger partial charge in [-0.1, -0.05) is 12.2 Å². The Labute approximate surface area is 88.7 Å². The molecule has 0 aromatic carbocycles. The molecular formula is C10H16N2O3. The highest BCUT2D eigenvalue weighted by atomic mass is 16.5. The maximum absolute atomic E-state index is 11.5. The maximum Gasteiger partial charge on any atom is 0.312 e. The number of carbonyl (C=O) groups is 2.